The third kappa shape index (κ3) is 5.93. The summed E-state index contributed by atoms with van der Waals surface area (Å²) in [5, 5.41) is 10.5. The predicted molar refractivity (Wildman–Crippen MR) is 270 cm³/mol. The highest BCUT2D eigenvalue weighted by Crippen LogP contribution is 2.37. The fraction of sp³-hybridized carbons (Fsp3) is 0. The van der Waals surface area contributed by atoms with Crippen molar-refractivity contribution in [3.05, 3.63) is 255 Å². The Morgan fingerprint density at radius 2 is 0.698 bits per heavy atom. The summed E-state index contributed by atoms with van der Waals surface area (Å²) in [5.74, 6) is 0. The summed E-state index contributed by atoms with van der Waals surface area (Å²) in [6.07, 6.45) is 0. The van der Waals surface area contributed by atoms with E-state index in [1.165, 1.54) is 86.6 Å². The van der Waals surface area contributed by atoms with Crippen molar-refractivity contribution in [3.8, 4) is 33.6 Å². The smallest absolute Gasteiger partial charge is 0.180 e. The van der Waals surface area contributed by atoms with Crippen molar-refractivity contribution in [2.75, 3.05) is 0 Å². The molecule has 0 N–H and O–H groups in total. The molecular formula is C60H42N2Si. The molecule has 296 valence electrons. The summed E-state index contributed by atoms with van der Waals surface area (Å²) in [6.45, 7) is 0. The molecule has 2 nitrogen and oxygen atoms in total. The highest BCUT2D eigenvalue weighted by Gasteiger charge is 2.43. The molecule has 0 unspecified atom stereocenters. The van der Waals surface area contributed by atoms with Gasteiger partial charge in [-0.1, -0.05) is 206 Å². The van der Waals surface area contributed by atoms with Crippen LogP contribution in [-0.4, -0.2) is 17.2 Å². The van der Waals surface area contributed by atoms with Crippen molar-refractivity contribution in [2.45, 2.75) is 0 Å². The lowest BCUT2D eigenvalue weighted by Gasteiger charge is -2.35. The molecule has 0 atom stereocenters. The largest absolute Gasteiger partial charge is 0.309 e. The molecule has 0 amide bonds. The first kappa shape index (κ1) is 36.8. The van der Waals surface area contributed by atoms with Crippen LogP contribution in [0, 0.1) is 0 Å². The maximum Gasteiger partial charge on any atom is 0.180 e. The van der Waals surface area contributed by atoms with Crippen LogP contribution in [-0.2, 0) is 0 Å². The molecule has 2 heterocycles. The summed E-state index contributed by atoms with van der Waals surface area (Å²) in [6, 6.07) is 94.3. The van der Waals surface area contributed by atoms with Crippen LogP contribution in [0.2, 0.25) is 0 Å². The van der Waals surface area contributed by atoms with Crippen molar-refractivity contribution in [1.29, 1.82) is 0 Å². The van der Waals surface area contributed by atoms with Crippen LogP contribution < -0.4 is 20.7 Å². The average molecular weight is 819 g/mol. The van der Waals surface area contributed by atoms with Gasteiger partial charge >= 0.3 is 0 Å². The van der Waals surface area contributed by atoms with Crippen LogP contribution in [0.15, 0.2) is 255 Å². The van der Waals surface area contributed by atoms with Gasteiger partial charge in [0.1, 0.15) is 0 Å². The Balaban J connectivity index is 1.11. The predicted octanol–water partition coefficient (Wildman–Crippen LogP) is 12.6. The first-order valence-corrected chi connectivity index (χ1v) is 23.8. The molecule has 0 fully saturated rings. The van der Waals surface area contributed by atoms with Crippen LogP contribution in [0.4, 0.5) is 0 Å². The Labute approximate surface area is 368 Å². The zero-order valence-corrected chi connectivity index (χ0v) is 35.6. The van der Waals surface area contributed by atoms with Gasteiger partial charge in [0.15, 0.2) is 8.07 Å². The van der Waals surface area contributed by atoms with Gasteiger partial charge in [-0.25, -0.2) is 0 Å². The van der Waals surface area contributed by atoms with E-state index in [4.69, 9.17) is 0 Å². The van der Waals surface area contributed by atoms with Crippen LogP contribution in [0.5, 0.6) is 0 Å². The lowest BCUT2D eigenvalue weighted by Crippen LogP contribution is -2.74. The summed E-state index contributed by atoms with van der Waals surface area (Å²) >= 11 is 0. The van der Waals surface area contributed by atoms with E-state index in [0.717, 1.165) is 11.4 Å². The van der Waals surface area contributed by atoms with Gasteiger partial charge in [0.2, 0.25) is 0 Å². The molecule has 0 radical (unpaired) electrons. The van der Waals surface area contributed by atoms with E-state index in [-0.39, 0.29) is 0 Å². The zero-order valence-electron chi connectivity index (χ0n) is 34.6. The third-order valence-corrected chi connectivity index (χ3v) is 17.9. The zero-order chi connectivity index (χ0) is 41.7. The maximum atomic E-state index is 2.50. The molecule has 0 spiro atoms. The second kappa shape index (κ2) is 15.2. The van der Waals surface area contributed by atoms with Gasteiger partial charge in [-0.2, -0.15) is 0 Å². The van der Waals surface area contributed by atoms with E-state index >= 15 is 0 Å². The van der Waals surface area contributed by atoms with Crippen molar-refractivity contribution >= 4 is 72.4 Å². The summed E-state index contributed by atoms with van der Waals surface area (Å²) < 4.78 is 4.92. The highest BCUT2D eigenvalue weighted by molar-refractivity contribution is 7.20. The van der Waals surface area contributed by atoms with Crippen LogP contribution >= 0.6 is 0 Å². The van der Waals surface area contributed by atoms with Gasteiger partial charge in [0.05, 0.1) is 22.1 Å². The average Bonchev–Trinajstić information content (AvgIpc) is 3.89. The second-order valence-corrected chi connectivity index (χ2v) is 20.2. The molecule has 0 aliphatic rings. The minimum absolute atomic E-state index is 1.14. The lowest BCUT2D eigenvalue weighted by atomic mass is 10.1. The summed E-state index contributed by atoms with van der Waals surface area (Å²) in [7, 11) is -2.99. The molecule has 0 bridgehead atoms. The molecule has 0 saturated heterocycles. The Kier molecular flexibility index (Phi) is 8.87. The Morgan fingerprint density at radius 1 is 0.254 bits per heavy atom. The van der Waals surface area contributed by atoms with E-state index in [2.05, 4.69) is 264 Å². The Bertz CT molecular complexity index is 3550. The quantitative estimate of drug-likeness (QED) is 0.107. The van der Waals surface area contributed by atoms with Gasteiger partial charge in [0.25, 0.3) is 0 Å². The number of benzene rings is 10. The number of aromatic nitrogens is 2. The topological polar surface area (TPSA) is 9.86 Å². The van der Waals surface area contributed by atoms with Gasteiger partial charge < -0.3 is 9.13 Å². The van der Waals surface area contributed by atoms with E-state index in [9.17, 15) is 0 Å². The number of fused-ring (bicyclic) bond motifs is 6. The molecule has 3 heteroatoms. The molecule has 63 heavy (non-hydrogen) atoms. The maximum absolute atomic E-state index is 2.99. The Hall–Kier alpha value is -7.98. The fourth-order valence-corrected chi connectivity index (χ4v) is 15.3. The van der Waals surface area contributed by atoms with Crippen molar-refractivity contribution in [3.63, 3.8) is 0 Å². The SMILES string of the molecule is c1ccc(-c2ccc(-n3c4ccccc4c4cc(-n5c6ccccc6c6c([Si](c7ccccc7)(c7ccccc7)c7cccc(-c8ccccc8)c7)cccc65)ccc43)cc2)cc1. The van der Waals surface area contributed by atoms with Crippen molar-refractivity contribution in [1.82, 2.24) is 9.13 Å². The fourth-order valence-electron chi connectivity index (χ4n) is 10.3. The van der Waals surface area contributed by atoms with E-state index in [0.29, 0.717) is 0 Å². The number of rotatable bonds is 8. The first-order chi connectivity index (χ1) is 31.3. The van der Waals surface area contributed by atoms with Crippen molar-refractivity contribution in [2.24, 2.45) is 0 Å². The number of para-hydroxylation sites is 2. The standard InChI is InChI=1S/C60H42N2Si/c1-5-19-43(20-6-1)45-35-37-47(38-36-45)61-55-31-15-13-29-52(55)54-42-48(39-40-57(54)61)62-56-32-16-14-30-53(56)60-58(62)33-18-34-59(60)63(49-24-9-3-10-25-49,50-26-11-4-12-27-50)51-28-17-23-46(41-51)44-21-7-2-8-22-44/h1-42H. The third-order valence-electron chi connectivity index (χ3n) is 13.1. The number of hydrogen-bond acceptors (Lipinski definition) is 0. The molecule has 10 aromatic carbocycles. The molecule has 2 aromatic heterocycles. The molecular weight excluding hydrogens is 777 g/mol. The summed E-state index contributed by atoms with van der Waals surface area (Å²) in [4.78, 5) is 0. The molecule has 0 aliphatic carbocycles. The van der Waals surface area contributed by atoms with Crippen LogP contribution in [0.1, 0.15) is 0 Å². The minimum Gasteiger partial charge on any atom is -0.309 e. The minimum atomic E-state index is -2.99. The molecule has 0 aliphatic heterocycles. The van der Waals surface area contributed by atoms with Crippen molar-refractivity contribution < 1.29 is 0 Å². The van der Waals surface area contributed by atoms with Crippen LogP contribution in [0.3, 0.4) is 0 Å². The normalized spacial score (nSPS) is 11.8. The van der Waals surface area contributed by atoms with Crippen LogP contribution in [0.25, 0.3) is 77.2 Å². The number of hydrogen-bond donors (Lipinski definition) is 0. The summed E-state index contributed by atoms with van der Waals surface area (Å²) in [5.41, 5.74) is 12.0. The lowest BCUT2D eigenvalue weighted by molar-refractivity contribution is 1.17. The Morgan fingerprint density at radius 3 is 1.37 bits per heavy atom. The molecule has 12 rings (SSSR count). The number of nitrogens with zero attached hydrogens (tertiary/aromatic N) is 2. The van der Waals surface area contributed by atoms with Gasteiger partial charge in [-0.3, -0.25) is 0 Å². The van der Waals surface area contributed by atoms with E-state index in [1.807, 2.05) is 0 Å². The second-order valence-electron chi connectivity index (χ2n) is 16.4. The van der Waals surface area contributed by atoms with E-state index in [1.54, 1.807) is 0 Å². The van der Waals surface area contributed by atoms with Gasteiger partial charge in [-0.05, 0) is 91.5 Å². The van der Waals surface area contributed by atoms with Gasteiger partial charge in [-0.15, -0.1) is 0 Å². The molecule has 0 saturated carbocycles. The monoisotopic (exact) mass is 818 g/mol. The first-order valence-electron chi connectivity index (χ1n) is 21.8. The highest BCUT2D eigenvalue weighted by atomic mass is 28.3. The molecule has 12 aromatic rings. The van der Waals surface area contributed by atoms with Gasteiger partial charge in [0, 0.05) is 32.9 Å². The van der Waals surface area contributed by atoms with E-state index < -0.39 is 8.07 Å².